The molecule has 0 amide bonds. The largest absolute Gasteiger partial charge is 0.480 e. The first-order chi connectivity index (χ1) is 12.1. The lowest BCUT2D eigenvalue weighted by Crippen LogP contribution is -2.31. The van der Waals surface area contributed by atoms with Crippen molar-refractivity contribution in [3.63, 3.8) is 0 Å². The molecular formula is C20H41NO4. The van der Waals surface area contributed by atoms with Crippen LogP contribution in [0.3, 0.4) is 0 Å². The monoisotopic (exact) mass is 359 g/mol. The number of ether oxygens (including phenoxy) is 1. The highest BCUT2D eigenvalue weighted by Gasteiger charge is 2.09. The number of rotatable bonds is 19. The van der Waals surface area contributed by atoms with E-state index < -0.39 is 12.3 Å². The molecule has 0 aliphatic carbocycles. The molecule has 0 aliphatic heterocycles. The molecule has 2 N–H and O–H groups in total. The average Bonchev–Trinajstić information content (AvgIpc) is 2.56. The first-order valence-corrected chi connectivity index (χ1v) is 10.3. The zero-order valence-corrected chi connectivity index (χ0v) is 16.5. The molecule has 0 saturated carbocycles. The molecular weight excluding hydrogens is 318 g/mol. The zero-order valence-electron chi connectivity index (χ0n) is 16.5. The van der Waals surface area contributed by atoms with Gasteiger partial charge in [0.2, 0.25) is 0 Å². The number of unbranched alkanes of at least 4 members (excludes halogenated alkanes) is 9. The van der Waals surface area contributed by atoms with Gasteiger partial charge in [0, 0.05) is 6.61 Å². The maximum atomic E-state index is 11.0. The van der Waals surface area contributed by atoms with Crippen LogP contribution in [0.25, 0.3) is 0 Å². The second-order valence-corrected chi connectivity index (χ2v) is 6.90. The summed E-state index contributed by atoms with van der Waals surface area (Å²) in [6, 6.07) is 0. The van der Waals surface area contributed by atoms with E-state index >= 15 is 0 Å². The Morgan fingerprint density at radius 2 is 1.40 bits per heavy atom. The summed E-state index contributed by atoms with van der Waals surface area (Å²) in [6.07, 6.45) is 13.0. The number of aliphatic hydroxyl groups excluding tert-OH is 1. The van der Waals surface area contributed by atoms with E-state index in [2.05, 4.69) is 11.8 Å². The standard InChI is InChI=1S/C20H41NO4/c1-3-5-6-7-8-10-13-16-21(18-19(22)23)17-14-11-9-12-15-20(24)25-4-2/h20,24H,3-18H2,1-2H3,(H,22,23). The number of carboxylic acid groups (broad SMARTS) is 1. The fourth-order valence-electron chi connectivity index (χ4n) is 3.04. The highest BCUT2D eigenvalue weighted by atomic mass is 16.6. The topological polar surface area (TPSA) is 70.0 Å². The summed E-state index contributed by atoms with van der Waals surface area (Å²) in [6.45, 7) is 6.55. The van der Waals surface area contributed by atoms with Crippen LogP contribution in [0, 0.1) is 0 Å². The van der Waals surface area contributed by atoms with Crippen molar-refractivity contribution in [3.05, 3.63) is 0 Å². The molecule has 0 saturated heterocycles. The first-order valence-electron chi connectivity index (χ1n) is 10.3. The smallest absolute Gasteiger partial charge is 0.317 e. The van der Waals surface area contributed by atoms with Gasteiger partial charge in [-0.3, -0.25) is 9.69 Å². The lowest BCUT2D eigenvalue weighted by molar-refractivity contribution is -0.138. The molecule has 0 radical (unpaired) electrons. The van der Waals surface area contributed by atoms with Gasteiger partial charge in [0.05, 0.1) is 6.54 Å². The Bertz CT molecular complexity index is 299. The van der Waals surface area contributed by atoms with Gasteiger partial charge in [0.25, 0.3) is 0 Å². The predicted molar refractivity (Wildman–Crippen MR) is 103 cm³/mol. The van der Waals surface area contributed by atoms with Crippen LogP contribution in [0.1, 0.15) is 90.9 Å². The number of carboxylic acids is 1. The minimum absolute atomic E-state index is 0.152. The third-order valence-electron chi connectivity index (χ3n) is 4.47. The van der Waals surface area contributed by atoms with Crippen LogP contribution < -0.4 is 0 Å². The Morgan fingerprint density at radius 3 is 1.92 bits per heavy atom. The minimum Gasteiger partial charge on any atom is -0.480 e. The van der Waals surface area contributed by atoms with Crippen molar-refractivity contribution in [2.45, 2.75) is 97.2 Å². The maximum Gasteiger partial charge on any atom is 0.317 e. The van der Waals surface area contributed by atoms with Crippen molar-refractivity contribution in [3.8, 4) is 0 Å². The summed E-state index contributed by atoms with van der Waals surface area (Å²) in [7, 11) is 0. The van der Waals surface area contributed by atoms with E-state index in [0.29, 0.717) is 13.0 Å². The van der Waals surface area contributed by atoms with Crippen LogP contribution in [0.2, 0.25) is 0 Å². The van der Waals surface area contributed by atoms with E-state index in [9.17, 15) is 9.90 Å². The van der Waals surface area contributed by atoms with Gasteiger partial charge in [-0.1, -0.05) is 58.3 Å². The third kappa shape index (κ3) is 18.0. The molecule has 1 atom stereocenters. The number of aliphatic hydroxyl groups is 1. The summed E-state index contributed by atoms with van der Waals surface area (Å²) < 4.78 is 5.10. The van der Waals surface area contributed by atoms with E-state index in [1.165, 1.54) is 38.5 Å². The number of hydrogen-bond donors (Lipinski definition) is 2. The van der Waals surface area contributed by atoms with Gasteiger partial charge in [0.15, 0.2) is 6.29 Å². The molecule has 0 bridgehead atoms. The summed E-state index contributed by atoms with van der Waals surface area (Å²) in [5, 5.41) is 18.5. The number of hydrogen-bond acceptors (Lipinski definition) is 4. The lowest BCUT2D eigenvalue weighted by atomic mass is 10.1. The predicted octanol–water partition coefficient (Wildman–Crippen LogP) is 4.43. The zero-order chi connectivity index (χ0) is 18.8. The van der Waals surface area contributed by atoms with Crippen molar-refractivity contribution in [2.75, 3.05) is 26.2 Å². The Labute approximate surface area is 154 Å². The minimum atomic E-state index is -0.734. The second kappa shape index (κ2) is 18.2. The van der Waals surface area contributed by atoms with E-state index in [0.717, 1.165) is 45.2 Å². The van der Waals surface area contributed by atoms with Crippen LogP contribution in [0.15, 0.2) is 0 Å². The Kier molecular flexibility index (Phi) is 17.7. The second-order valence-electron chi connectivity index (χ2n) is 6.90. The molecule has 25 heavy (non-hydrogen) atoms. The van der Waals surface area contributed by atoms with Gasteiger partial charge >= 0.3 is 5.97 Å². The van der Waals surface area contributed by atoms with Gasteiger partial charge in [-0.05, 0) is 45.7 Å². The molecule has 0 aromatic rings. The van der Waals surface area contributed by atoms with Crippen molar-refractivity contribution in [1.29, 1.82) is 0 Å². The van der Waals surface area contributed by atoms with Gasteiger partial charge in [0.1, 0.15) is 0 Å². The normalized spacial score (nSPS) is 12.6. The van der Waals surface area contributed by atoms with Crippen LogP contribution in [0.4, 0.5) is 0 Å². The molecule has 5 heteroatoms. The van der Waals surface area contributed by atoms with Gasteiger partial charge in [-0.2, -0.15) is 0 Å². The molecule has 0 aliphatic rings. The summed E-state index contributed by atoms with van der Waals surface area (Å²) in [5.74, 6) is -0.734. The maximum absolute atomic E-state index is 11.0. The van der Waals surface area contributed by atoms with Gasteiger partial charge in [-0.15, -0.1) is 0 Å². The summed E-state index contributed by atoms with van der Waals surface area (Å²) in [5.41, 5.74) is 0. The van der Waals surface area contributed by atoms with Crippen molar-refractivity contribution < 1.29 is 19.7 Å². The highest BCUT2D eigenvalue weighted by Crippen LogP contribution is 2.10. The van der Waals surface area contributed by atoms with Crippen molar-refractivity contribution in [2.24, 2.45) is 0 Å². The molecule has 1 unspecified atom stereocenters. The summed E-state index contributed by atoms with van der Waals surface area (Å²) in [4.78, 5) is 13.1. The first kappa shape index (κ1) is 24.4. The molecule has 0 fully saturated rings. The average molecular weight is 360 g/mol. The van der Waals surface area contributed by atoms with Crippen molar-refractivity contribution in [1.82, 2.24) is 4.90 Å². The van der Waals surface area contributed by atoms with Crippen LogP contribution >= 0.6 is 0 Å². The number of nitrogens with zero attached hydrogens (tertiary/aromatic N) is 1. The Balaban J connectivity index is 3.69. The summed E-state index contributed by atoms with van der Waals surface area (Å²) >= 11 is 0. The molecule has 0 heterocycles. The lowest BCUT2D eigenvalue weighted by Gasteiger charge is -2.20. The quantitative estimate of drug-likeness (QED) is 0.264. The van der Waals surface area contributed by atoms with Gasteiger partial charge in [-0.25, -0.2) is 0 Å². The Hall–Kier alpha value is -0.650. The molecule has 0 aromatic carbocycles. The molecule has 0 aromatic heterocycles. The van der Waals surface area contributed by atoms with E-state index in [1.54, 1.807) is 0 Å². The van der Waals surface area contributed by atoms with E-state index in [1.807, 2.05) is 6.92 Å². The fraction of sp³-hybridized carbons (Fsp3) is 0.950. The molecule has 0 rings (SSSR count). The van der Waals surface area contributed by atoms with Crippen LogP contribution in [0.5, 0.6) is 0 Å². The SMILES string of the molecule is CCCCCCCCCN(CCCCCCC(O)OCC)CC(=O)O. The van der Waals surface area contributed by atoms with E-state index in [4.69, 9.17) is 9.84 Å². The highest BCUT2D eigenvalue weighted by molar-refractivity contribution is 5.69. The molecule has 150 valence electrons. The Morgan fingerprint density at radius 1 is 0.880 bits per heavy atom. The molecule has 0 spiro atoms. The van der Waals surface area contributed by atoms with Gasteiger partial charge < -0.3 is 14.9 Å². The number of carbonyl (C=O) groups is 1. The number of aliphatic carboxylic acids is 1. The van der Waals surface area contributed by atoms with Crippen molar-refractivity contribution >= 4 is 5.97 Å². The van der Waals surface area contributed by atoms with Crippen LogP contribution in [-0.2, 0) is 9.53 Å². The molecule has 5 nitrogen and oxygen atoms in total. The van der Waals surface area contributed by atoms with Crippen LogP contribution in [-0.4, -0.2) is 53.6 Å². The third-order valence-corrected chi connectivity index (χ3v) is 4.47. The van der Waals surface area contributed by atoms with E-state index in [-0.39, 0.29) is 6.54 Å². The fourth-order valence-corrected chi connectivity index (χ4v) is 3.04.